The Balaban J connectivity index is 2.06. The second-order valence-electron chi connectivity index (χ2n) is 3.71. The largest absolute Gasteiger partial charge is 0.249 e. The van der Waals surface area contributed by atoms with Crippen molar-refractivity contribution in [2.45, 2.75) is 6.42 Å². The van der Waals surface area contributed by atoms with Crippen LogP contribution in [0.5, 0.6) is 0 Å². The van der Waals surface area contributed by atoms with Crippen LogP contribution in [-0.2, 0) is 6.42 Å². The zero-order valence-electron chi connectivity index (χ0n) is 9.11. The van der Waals surface area contributed by atoms with E-state index in [0.29, 0.717) is 5.65 Å². The van der Waals surface area contributed by atoms with Crippen LogP contribution in [-0.4, -0.2) is 19.9 Å². The van der Waals surface area contributed by atoms with Crippen LogP contribution in [0.2, 0.25) is 0 Å². The summed E-state index contributed by atoms with van der Waals surface area (Å²) in [6, 6.07) is 10.2. The quantitative estimate of drug-likeness (QED) is 0.665. The molecule has 0 N–H and O–H groups in total. The molecule has 0 saturated carbocycles. The van der Waals surface area contributed by atoms with Crippen LogP contribution in [0.3, 0.4) is 0 Å². The van der Waals surface area contributed by atoms with Gasteiger partial charge in [-0.25, -0.2) is 19.9 Å². The molecular weight excluding hydrogens is 212 g/mol. The Kier molecular flexibility index (Phi) is 2.46. The Bertz CT molecular complexity index is 632. The molecule has 2 heterocycles. The summed E-state index contributed by atoms with van der Waals surface area (Å²) < 4.78 is 0. The van der Waals surface area contributed by atoms with Gasteiger partial charge in [-0.15, -0.1) is 0 Å². The SMILES string of the molecule is c1ccc(Cc2ncnc3nccnc23)cc1. The fourth-order valence-corrected chi connectivity index (χ4v) is 1.76. The topological polar surface area (TPSA) is 51.6 Å². The average Bonchev–Trinajstić information content (AvgIpc) is 2.40. The van der Waals surface area contributed by atoms with Crippen molar-refractivity contribution in [2.24, 2.45) is 0 Å². The van der Waals surface area contributed by atoms with Gasteiger partial charge < -0.3 is 0 Å². The van der Waals surface area contributed by atoms with Gasteiger partial charge in [-0.2, -0.15) is 0 Å². The van der Waals surface area contributed by atoms with Crippen molar-refractivity contribution in [3.8, 4) is 0 Å². The van der Waals surface area contributed by atoms with Gasteiger partial charge in [-0.05, 0) is 5.56 Å². The van der Waals surface area contributed by atoms with Gasteiger partial charge in [0.15, 0.2) is 5.65 Å². The molecule has 0 radical (unpaired) electrons. The van der Waals surface area contributed by atoms with E-state index in [1.807, 2.05) is 18.2 Å². The third kappa shape index (κ3) is 1.97. The first-order valence-corrected chi connectivity index (χ1v) is 5.38. The molecule has 0 bridgehead atoms. The number of fused-ring (bicyclic) bond motifs is 1. The lowest BCUT2D eigenvalue weighted by Crippen LogP contribution is -1.98. The second-order valence-corrected chi connectivity index (χ2v) is 3.71. The van der Waals surface area contributed by atoms with E-state index in [9.17, 15) is 0 Å². The molecule has 3 aromatic rings. The summed E-state index contributed by atoms with van der Waals surface area (Å²) in [5.41, 5.74) is 3.54. The molecular formula is C13H10N4. The molecule has 0 atom stereocenters. The van der Waals surface area contributed by atoms with Gasteiger partial charge in [-0.1, -0.05) is 30.3 Å². The maximum Gasteiger partial charge on any atom is 0.181 e. The smallest absolute Gasteiger partial charge is 0.181 e. The number of benzene rings is 1. The number of hydrogen-bond donors (Lipinski definition) is 0. The minimum absolute atomic E-state index is 0.647. The Hall–Kier alpha value is -2.36. The van der Waals surface area contributed by atoms with E-state index in [1.165, 1.54) is 11.9 Å². The van der Waals surface area contributed by atoms with Gasteiger partial charge in [0, 0.05) is 18.8 Å². The monoisotopic (exact) mass is 222 g/mol. The molecule has 0 amide bonds. The van der Waals surface area contributed by atoms with Crippen LogP contribution in [0.4, 0.5) is 0 Å². The summed E-state index contributed by atoms with van der Waals surface area (Å²) in [6.45, 7) is 0. The molecule has 0 fully saturated rings. The predicted molar refractivity (Wildman–Crippen MR) is 64.4 cm³/mol. The van der Waals surface area contributed by atoms with Crippen LogP contribution >= 0.6 is 0 Å². The lowest BCUT2D eigenvalue weighted by atomic mass is 10.1. The Morgan fingerprint density at radius 3 is 2.53 bits per heavy atom. The first kappa shape index (κ1) is 9.84. The Labute approximate surface area is 98.4 Å². The van der Waals surface area contributed by atoms with Crippen LogP contribution in [0.1, 0.15) is 11.3 Å². The fourth-order valence-electron chi connectivity index (χ4n) is 1.76. The van der Waals surface area contributed by atoms with E-state index < -0.39 is 0 Å². The van der Waals surface area contributed by atoms with E-state index in [0.717, 1.165) is 17.6 Å². The Morgan fingerprint density at radius 1 is 0.824 bits per heavy atom. The van der Waals surface area contributed by atoms with Gasteiger partial charge in [0.1, 0.15) is 11.8 Å². The molecule has 0 aliphatic rings. The summed E-state index contributed by atoms with van der Waals surface area (Å²) >= 11 is 0. The predicted octanol–water partition coefficient (Wildman–Crippen LogP) is 2.01. The molecule has 0 aliphatic carbocycles. The lowest BCUT2D eigenvalue weighted by Gasteiger charge is -2.03. The van der Waals surface area contributed by atoms with Crippen molar-refractivity contribution in [2.75, 3.05) is 0 Å². The summed E-state index contributed by atoms with van der Waals surface area (Å²) in [6.07, 6.45) is 5.59. The second kappa shape index (κ2) is 4.25. The molecule has 0 saturated heterocycles. The van der Waals surface area contributed by atoms with Gasteiger partial charge in [-0.3, -0.25) is 0 Å². The van der Waals surface area contributed by atoms with E-state index in [4.69, 9.17) is 0 Å². The summed E-state index contributed by atoms with van der Waals surface area (Å²) in [5, 5.41) is 0. The molecule has 17 heavy (non-hydrogen) atoms. The minimum atomic E-state index is 0.647. The molecule has 0 aliphatic heterocycles. The highest BCUT2D eigenvalue weighted by Gasteiger charge is 2.05. The van der Waals surface area contributed by atoms with Gasteiger partial charge in [0.2, 0.25) is 0 Å². The summed E-state index contributed by atoms with van der Waals surface area (Å²) in [4.78, 5) is 16.8. The molecule has 0 spiro atoms. The Morgan fingerprint density at radius 2 is 1.65 bits per heavy atom. The molecule has 0 unspecified atom stereocenters. The minimum Gasteiger partial charge on any atom is -0.249 e. The molecule has 2 aromatic heterocycles. The van der Waals surface area contributed by atoms with Crippen LogP contribution in [0.15, 0.2) is 49.1 Å². The maximum absolute atomic E-state index is 4.29. The first-order valence-electron chi connectivity index (χ1n) is 5.38. The molecule has 82 valence electrons. The first-order chi connectivity index (χ1) is 8.43. The van der Waals surface area contributed by atoms with Crippen molar-refractivity contribution in [3.63, 3.8) is 0 Å². The van der Waals surface area contributed by atoms with Crippen molar-refractivity contribution in [1.82, 2.24) is 19.9 Å². The standard InChI is InChI=1S/C13H10N4/c1-2-4-10(5-3-1)8-11-12-13(17-9-16-11)15-7-6-14-12/h1-7,9H,8H2. The third-order valence-corrected chi connectivity index (χ3v) is 2.56. The van der Waals surface area contributed by atoms with Gasteiger partial charge in [0.25, 0.3) is 0 Å². The molecule has 3 rings (SSSR count). The van der Waals surface area contributed by atoms with E-state index in [1.54, 1.807) is 12.4 Å². The normalized spacial score (nSPS) is 10.6. The maximum atomic E-state index is 4.29. The molecule has 1 aromatic carbocycles. The molecule has 4 heteroatoms. The fraction of sp³-hybridized carbons (Fsp3) is 0.0769. The number of nitrogens with zero attached hydrogens (tertiary/aromatic N) is 4. The zero-order valence-corrected chi connectivity index (χ0v) is 9.11. The number of rotatable bonds is 2. The summed E-state index contributed by atoms with van der Waals surface area (Å²) in [5.74, 6) is 0. The van der Waals surface area contributed by atoms with E-state index >= 15 is 0 Å². The number of aromatic nitrogens is 4. The van der Waals surface area contributed by atoms with Gasteiger partial charge >= 0.3 is 0 Å². The van der Waals surface area contributed by atoms with Crippen molar-refractivity contribution in [3.05, 3.63) is 60.3 Å². The summed E-state index contributed by atoms with van der Waals surface area (Å²) in [7, 11) is 0. The van der Waals surface area contributed by atoms with Gasteiger partial charge in [0.05, 0.1) is 5.69 Å². The average molecular weight is 222 g/mol. The highest BCUT2D eigenvalue weighted by Crippen LogP contribution is 2.13. The van der Waals surface area contributed by atoms with Crippen LogP contribution in [0.25, 0.3) is 11.2 Å². The highest BCUT2D eigenvalue weighted by molar-refractivity contribution is 5.71. The molecule has 4 nitrogen and oxygen atoms in total. The number of hydrogen-bond acceptors (Lipinski definition) is 4. The van der Waals surface area contributed by atoms with Crippen LogP contribution in [0, 0.1) is 0 Å². The van der Waals surface area contributed by atoms with Crippen LogP contribution < -0.4 is 0 Å². The van der Waals surface area contributed by atoms with Crippen molar-refractivity contribution >= 4 is 11.2 Å². The van der Waals surface area contributed by atoms with E-state index in [-0.39, 0.29) is 0 Å². The van der Waals surface area contributed by atoms with Crippen molar-refractivity contribution in [1.29, 1.82) is 0 Å². The van der Waals surface area contributed by atoms with Crippen molar-refractivity contribution < 1.29 is 0 Å². The highest BCUT2D eigenvalue weighted by atomic mass is 14.9. The van der Waals surface area contributed by atoms with E-state index in [2.05, 4.69) is 32.1 Å². The zero-order chi connectivity index (χ0) is 11.5. The lowest BCUT2D eigenvalue weighted by molar-refractivity contribution is 1.03. The third-order valence-electron chi connectivity index (χ3n) is 2.56.